The minimum Gasteiger partial charge on any atom is -0.550 e. The van der Waals surface area contributed by atoms with Gasteiger partial charge >= 0.3 is 0 Å². The molecule has 2 bridgehead atoms. The summed E-state index contributed by atoms with van der Waals surface area (Å²) < 4.78 is 5.26. The van der Waals surface area contributed by atoms with Crippen LogP contribution in [0.3, 0.4) is 0 Å². The Balaban J connectivity index is 1.41. The molecule has 3 aliphatic rings. The maximum atomic E-state index is 12.7. The summed E-state index contributed by atoms with van der Waals surface area (Å²) >= 11 is 0. The number of nitrogens with zero attached hydrogens (tertiary/aromatic N) is 1. The van der Waals surface area contributed by atoms with E-state index in [1.807, 2.05) is 0 Å². The Morgan fingerprint density at radius 2 is 1.63 bits per heavy atom. The number of hydrogen-bond donors (Lipinski definition) is 1. The van der Waals surface area contributed by atoms with Gasteiger partial charge in [0.2, 0.25) is 5.91 Å². The second-order valence-corrected chi connectivity index (χ2v) is 7.67. The maximum Gasteiger partial charge on any atom is 0.254 e. The van der Waals surface area contributed by atoms with Crippen molar-refractivity contribution in [1.29, 1.82) is 0 Å². The van der Waals surface area contributed by atoms with E-state index in [0.29, 0.717) is 37.6 Å². The molecular weight excluding hydrogens is 348 g/mol. The van der Waals surface area contributed by atoms with Crippen LogP contribution in [0.1, 0.15) is 29.6 Å². The number of rotatable bonds is 4. The van der Waals surface area contributed by atoms with Crippen LogP contribution in [0.15, 0.2) is 24.3 Å². The minimum absolute atomic E-state index is 0.0544. The summed E-state index contributed by atoms with van der Waals surface area (Å²) in [5, 5.41) is 14.3. The second kappa shape index (κ2) is 7.31. The molecule has 2 aliphatic carbocycles. The van der Waals surface area contributed by atoms with Crippen molar-refractivity contribution in [1.82, 2.24) is 4.90 Å². The summed E-state index contributed by atoms with van der Waals surface area (Å²) in [6.45, 7) is 2.24. The van der Waals surface area contributed by atoms with E-state index in [0.717, 1.165) is 19.3 Å². The second-order valence-electron chi connectivity index (χ2n) is 7.67. The van der Waals surface area contributed by atoms with Gasteiger partial charge in [-0.15, -0.1) is 0 Å². The van der Waals surface area contributed by atoms with Gasteiger partial charge in [-0.2, -0.15) is 0 Å². The molecule has 27 heavy (non-hydrogen) atoms. The standard InChI is InChI=1S/C20H24N2O5/c23-18(16-13-1-2-14(11-13)17(16)20(25)26)21-15-5-3-12(4-6-15)19(24)22-7-9-27-10-8-22/h3-6,13-14,16-17H,1-2,7-11H2,(H,21,23)(H,25,26)/p-1/t13-,14+,16+,17+/m1/s1. The first-order valence-corrected chi connectivity index (χ1v) is 9.53. The number of hydrogen-bond acceptors (Lipinski definition) is 5. The first kappa shape index (κ1) is 18.0. The Morgan fingerprint density at radius 3 is 2.26 bits per heavy atom. The molecule has 7 nitrogen and oxygen atoms in total. The van der Waals surface area contributed by atoms with Gasteiger partial charge in [-0.05, 0) is 55.4 Å². The first-order chi connectivity index (χ1) is 13.0. The Hall–Kier alpha value is -2.41. The van der Waals surface area contributed by atoms with Crippen molar-refractivity contribution < 1.29 is 24.2 Å². The molecule has 2 saturated carbocycles. The number of amides is 2. The third-order valence-electron chi connectivity index (χ3n) is 6.19. The van der Waals surface area contributed by atoms with Gasteiger partial charge in [-0.3, -0.25) is 9.59 Å². The lowest BCUT2D eigenvalue weighted by Crippen LogP contribution is -2.43. The van der Waals surface area contributed by atoms with E-state index in [-0.39, 0.29) is 23.7 Å². The fourth-order valence-electron chi connectivity index (χ4n) is 4.88. The quantitative estimate of drug-likeness (QED) is 0.831. The van der Waals surface area contributed by atoms with Crippen LogP contribution >= 0.6 is 0 Å². The highest BCUT2D eigenvalue weighted by Crippen LogP contribution is 2.52. The molecule has 1 saturated heterocycles. The third-order valence-corrected chi connectivity index (χ3v) is 6.19. The molecule has 0 radical (unpaired) electrons. The largest absolute Gasteiger partial charge is 0.550 e. The van der Waals surface area contributed by atoms with E-state index in [9.17, 15) is 19.5 Å². The van der Waals surface area contributed by atoms with Crippen molar-refractivity contribution in [2.24, 2.45) is 23.7 Å². The Labute approximate surface area is 157 Å². The fraction of sp³-hybridized carbons (Fsp3) is 0.550. The predicted molar refractivity (Wildman–Crippen MR) is 94.6 cm³/mol. The van der Waals surface area contributed by atoms with Crippen molar-refractivity contribution in [3.63, 3.8) is 0 Å². The molecule has 1 N–H and O–H groups in total. The fourth-order valence-corrected chi connectivity index (χ4v) is 4.88. The molecule has 1 aliphatic heterocycles. The number of carbonyl (C=O) groups is 3. The molecule has 3 fully saturated rings. The number of carboxylic acids is 1. The van der Waals surface area contributed by atoms with Crippen LogP contribution in [0.25, 0.3) is 0 Å². The molecule has 1 aromatic carbocycles. The van der Waals surface area contributed by atoms with Gasteiger partial charge in [0.1, 0.15) is 0 Å². The molecule has 2 amide bonds. The summed E-state index contributed by atoms with van der Waals surface area (Å²) in [5.41, 5.74) is 1.13. The number of ether oxygens (including phenoxy) is 1. The van der Waals surface area contributed by atoms with Gasteiger partial charge in [-0.25, -0.2) is 0 Å². The molecule has 4 rings (SSSR count). The van der Waals surface area contributed by atoms with Gasteiger partial charge in [0, 0.05) is 42.1 Å². The smallest absolute Gasteiger partial charge is 0.254 e. The molecule has 1 aromatic rings. The van der Waals surface area contributed by atoms with Gasteiger partial charge in [-0.1, -0.05) is 0 Å². The van der Waals surface area contributed by atoms with E-state index in [2.05, 4.69) is 5.32 Å². The topological polar surface area (TPSA) is 98.8 Å². The van der Waals surface area contributed by atoms with Crippen LogP contribution in [0.5, 0.6) is 0 Å². The average molecular weight is 371 g/mol. The number of nitrogens with one attached hydrogen (secondary N) is 1. The minimum atomic E-state index is -1.12. The van der Waals surface area contributed by atoms with Gasteiger partial charge < -0.3 is 24.9 Å². The molecule has 1 heterocycles. The summed E-state index contributed by atoms with van der Waals surface area (Å²) in [4.78, 5) is 38.4. The lowest BCUT2D eigenvalue weighted by atomic mass is 9.78. The Kier molecular flexibility index (Phi) is 4.86. The zero-order chi connectivity index (χ0) is 19.0. The first-order valence-electron chi connectivity index (χ1n) is 9.53. The average Bonchev–Trinajstić information content (AvgIpc) is 3.30. The number of aliphatic carboxylic acids is 1. The number of fused-ring (bicyclic) bond motifs is 2. The molecule has 7 heteroatoms. The van der Waals surface area contributed by atoms with E-state index in [1.54, 1.807) is 29.2 Å². The number of morpholine rings is 1. The van der Waals surface area contributed by atoms with Crippen LogP contribution in [-0.4, -0.2) is 49.0 Å². The normalized spacial score (nSPS) is 29.6. The zero-order valence-electron chi connectivity index (χ0n) is 15.1. The highest BCUT2D eigenvalue weighted by molar-refractivity contribution is 5.97. The summed E-state index contributed by atoms with van der Waals surface area (Å²) in [6.07, 6.45) is 2.56. The molecule has 0 spiro atoms. The lowest BCUT2D eigenvalue weighted by Gasteiger charge is -2.30. The van der Waals surface area contributed by atoms with Crippen molar-refractivity contribution in [3.8, 4) is 0 Å². The number of carboxylic acid groups (broad SMARTS) is 1. The van der Waals surface area contributed by atoms with E-state index < -0.39 is 17.8 Å². The highest BCUT2D eigenvalue weighted by Gasteiger charge is 2.51. The van der Waals surface area contributed by atoms with Gasteiger partial charge in [0.15, 0.2) is 0 Å². The Morgan fingerprint density at radius 1 is 1.00 bits per heavy atom. The number of carbonyl (C=O) groups excluding carboxylic acids is 3. The summed E-state index contributed by atoms with van der Waals surface area (Å²) in [5.74, 6) is -2.46. The summed E-state index contributed by atoms with van der Waals surface area (Å²) in [6, 6.07) is 6.74. The van der Waals surface area contributed by atoms with Crippen molar-refractivity contribution >= 4 is 23.5 Å². The number of anilines is 1. The van der Waals surface area contributed by atoms with E-state index in [1.165, 1.54) is 0 Å². The molecule has 0 unspecified atom stereocenters. The Bertz CT molecular complexity index is 741. The predicted octanol–water partition coefficient (Wildman–Crippen LogP) is 0.510. The maximum absolute atomic E-state index is 12.7. The van der Waals surface area contributed by atoms with Crippen molar-refractivity contribution in [2.75, 3.05) is 31.6 Å². The molecule has 144 valence electrons. The molecule has 4 atom stereocenters. The SMILES string of the molecule is O=C([O-])[C@H]1[C@H]2CC[C@H](C2)[C@@H]1C(=O)Nc1ccc(C(=O)N2CCOCC2)cc1. The van der Waals surface area contributed by atoms with E-state index in [4.69, 9.17) is 4.74 Å². The lowest BCUT2D eigenvalue weighted by molar-refractivity contribution is -0.314. The van der Waals surface area contributed by atoms with E-state index >= 15 is 0 Å². The van der Waals surface area contributed by atoms with Crippen molar-refractivity contribution in [3.05, 3.63) is 29.8 Å². The van der Waals surface area contributed by atoms with Crippen LogP contribution in [0, 0.1) is 23.7 Å². The van der Waals surface area contributed by atoms with Gasteiger partial charge in [0.05, 0.1) is 13.2 Å². The number of benzene rings is 1. The third kappa shape index (κ3) is 3.43. The van der Waals surface area contributed by atoms with Crippen LogP contribution in [0.2, 0.25) is 0 Å². The van der Waals surface area contributed by atoms with Crippen LogP contribution in [-0.2, 0) is 14.3 Å². The molecule has 0 aromatic heterocycles. The van der Waals surface area contributed by atoms with Crippen LogP contribution < -0.4 is 10.4 Å². The van der Waals surface area contributed by atoms with Crippen LogP contribution in [0.4, 0.5) is 5.69 Å². The molecular formula is C20H23N2O5-. The monoisotopic (exact) mass is 371 g/mol. The zero-order valence-corrected chi connectivity index (χ0v) is 15.1. The van der Waals surface area contributed by atoms with Gasteiger partial charge in [0.25, 0.3) is 5.91 Å². The highest BCUT2D eigenvalue weighted by atomic mass is 16.5. The van der Waals surface area contributed by atoms with Crippen molar-refractivity contribution in [2.45, 2.75) is 19.3 Å². The summed E-state index contributed by atoms with van der Waals surface area (Å²) in [7, 11) is 0.